The van der Waals surface area contributed by atoms with Crippen molar-refractivity contribution >= 4 is 33.0 Å². The van der Waals surface area contributed by atoms with Crippen molar-refractivity contribution in [3.8, 4) is 0 Å². The Hall–Kier alpha value is -2.42. The second kappa shape index (κ2) is 3.04. The number of hydrogen-bond donors (Lipinski definition) is 1. The number of para-hydroxylation sites is 1. The van der Waals surface area contributed by atoms with Crippen molar-refractivity contribution in [1.82, 2.24) is 15.0 Å². The summed E-state index contributed by atoms with van der Waals surface area (Å²) in [5, 5.41) is 2.21. The third-order valence-electron chi connectivity index (χ3n) is 3.04. The molecule has 3 heteroatoms. The molecule has 0 bridgehead atoms. The van der Waals surface area contributed by atoms with Crippen LogP contribution < -0.4 is 0 Å². The maximum atomic E-state index is 4.62. The SMILES string of the molecule is c1cnc2nc3c(cc2c1)[nH]c1ccccc13. The first-order valence-electron chi connectivity index (χ1n) is 5.54. The van der Waals surface area contributed by atoms with E-state index in [0.29, 0.717) is 0 Å². The lowest BCUT2D eigenvalue weighted by molar-refractivity contribution is 1.33. The van der Waals surface area contributed by atoms with Gasteiger partial charge in [-0.15, -0.1) is 0 Å². The number of pyridine rings is 2. The van der Waals surface area contributed by atoms with Crippen LogP contribution in [0.4, 0.5) is 0 Å². The fourth-order valence-electron chi connectivity index (χ4n) is 2.25. The summed E-state index contributed by atoms with van der Waals surface area (Å²) in [5.74, 6) is 0. The smallest absolute Gasteiger partial charge is 0.159 e. The molecule has 1 aromatic carbocycles. The summed E-state index contributed by atoms with van der Waals surface area (Å²) in [7, 11) is 0. The molecular weight excluding hydrogens is 210 g/mol. The van der Waals surface area contributed by atoms with Crippen LogP contribution in [0.2, 0.25) is 0 Å². The average molecular weight is 219 g/mol. The van der Waals surface area contributed by atoms with Crippen molar-refractivity contribution in [2.75, 3.05) is 0 Å². The standard InChI is InChI=1S/C14H9N3/c1-2-6-11-10(5-1)13-12(16-11)8-9-4-3-7-15-14(9)17-13/h1-8,16H. The van der Waals surface area contributed by atoms with Crippen molar-refractivity contribution in [2.24, 2.45) is 0 Å². The maximum Gasteiger partial charge on any atom is 0.159 e. The fourth-order valence-corrected chi connectivity index (χ4v) is 2.25. The number of aromatic amines is 1. The molecule has 0 amide bonds. The summed E-state index contributed by atoms with van der Waals surface area (Å²) in [6, 6.07) is 14.3. The van der Waals surface area contributed by atoms with Gasteiger partial charge in [-0.25, -0.2) is 9.97 Å². The zero-order chi connectivity index (χ0) is 11.2. The second-order valence-corrected chi connectivity index (χ2v) is 4.11. The highest BCUT2D eigenvalue weighted by atomic mass is 14.9. The topological polar surface area (TPSA) is 41.6 Å². The molecule has 80 valence electrons. The fraction of sp³-hybridized carbons (Fsp3) is 0. The van der Waals surface area contributed by atoms with E-state index in [0.717, 1.165) is 33.0 Å². The van der Waals surface area contributed by atoms with Crippen LogP contribution >= 0.6 is 0 Å². The van der Waals surface area contributed by atoms with Crippen LogP contribution in [0.15, 0.2) is 48.7 Å². The molecule has 1 N–H and O–H groups in total. The Morgan fingerprint density at radius 1 is 0.941 bits per heavy atom. The number of rotatable bonds is 0. The van der Waals surface area contributed by atoms with Gasteiger partial charge in [0.25, 0.3) is 0 Å². The van der Waals surface area contributed by atoms with E-state index in [-0.39, 0.29) is 0 Å². The molecule has 3 aromatic heterocycles. The minimum Gasteiger partial charge on any atom is -0.353 e. The predicted molar refractivity (Wildman–Crippen MR) is 68.9 cm³/mol. The minimum atomic E-state index is 0.796. The molecule has 0 saturated carbocycles. The summed E-state index contributed by atoms with van der Waals surface area (Å²) in [6.07, 6.45) is 1.77. The number of fused-ring (bicyclic) bond motifs is 4. The van der Waals surface area contributed by atoms with Gasteiger partial charge < -0.3 is 4.98 Å². The van der Waals surface area contributed by atoms with E-state index in [1.807, 2.05) is 24.3 Å². The van der Waals surface area contributed by atoms with Crippen molar-refractivity contribution in [3.63, 3.8) is 0 Å². The Labute approximate surface area is 97.1 Å². The summed E-state index contributed by atoms with van der Waals surface area (Å²) in [5.41, 5.74) is 3.97. The van der Waals surface area contributed by atoms with E-state index in [2.05, 4.69) is 33.2 Å². The molecule has 0 saturated heterocycles. The quantitative estimate of drug-likeness (QED) is 0.493. The Morgan fingerprint density at radius 2 is 1.88 bits per heavy atom. The highest BCUT2D eigenvalue weighted by Gasteiger charge is 2.06. The molecule has 0 unspecified atom stereocenters. The van der Waals surface area contributed by atoms with Crippen LogP contribution in [0.1, 0.15) is 0 Å². The first kappa shape index (κ1) is 8.70. The highest BCUT2D eigenvalue weighted by molar-refractivity contribution is 6.07. The van der Waals surface area contributed by atoms with Gasteiger partial charge in [0.1, 0.15) is 0 Å². The van der Waals surface area contributed by atoms with E-state index in [1.54, 1.807) is 6.20 Å². The van der Waals surface area contributed by atoms with E-state index in [1.165, 1.54) is 0 Å². The molecule has 3 heterocycles. The monoisotopic (exact) mass is 219 g/mol. The predicted octanol–water partition coefficient (Wildman–Crippen LogP) is 3.26. The Bertz CT molecular complexity index is 840. The molecule has 3 nitrogen and oxygen atoms in total. The van der Waals surface area contributed by atoms with Crippen LogP contribution in [-0.2, 0) is 0 Å². The van der Waals surface area contributed by atoms with Gasteiger partial charge in [-0.1, -0.05) is 18.2 Å². The second-order valence-electron chi connectivity index (χ2n) is 4.11. The number of benzene rings is 1. The summed E-state index contributed by atoms with van der Waals surface area (Å²) in [4.78, 5) is 12.3. The van der Waals surface area contributed by atoms with E-state index in [4.69, 9.17) is 0 Å². The van der Waals surface area contributed by atoms with Crippen molar-refractivity contribution in [2.45, 2.75) is 0 Å². The van der Waals surface area contributed by atoms with Crippen LogP contribution in [0.25, 0.3) is 33.0 Å². The molecule has 0 aliphatic carbocycles. The number of nitrogens with zero attached hydrogens (tertiary/aromatic N) is 2. The van der Waals surface area contributed by atoms with E-state index >= 15 is 0 Å². The zero-order valence-corrected chi connectivity index (χ0v) is 9.01. The lowest BCUT2D eigenvalue weighted by atomic mass is 10.2. The van der Waals surface area contributed by atoms with Crippen molar-refractivity contribution in [3.05, 3.63) is 48.7 Å². The van der Waals surface area contributed by atoms with Crippen molar-refractivity contribution in [1.29, 1.82) is 0 Å². The van der Waals surface area contributed by atoms with Gasteiger partial charge in [0, 0.05) is 22.5 Å². The molecule has 0 fully saturated rings. The van der Waals surface area contributed by atoms with Crippen LogP contribution in [-0.4, -0.2) is 15.0 Å². The third-order valence-corrected chi connectivity index (χ3v) is 3.04. The van der Waals surface area contributed by atoms with Crippen LogP contribution in [0, 0.1) is 0 Å². The molecule has 0 atom stereocenters. The summed E-state index contributed by atoms with van der Waals surface area (Å²) < 4.78 is 0. The number of H-pyrrole nitrogens is 1. The normalized spacial score (nSPS) is 11.5. The molecule has 0 aliphatic heterocycles. The van der Waals surface area contributed by atoms with Gasteiger partial charge in [-0.3, -0.25) is 0 Å². The third kappa shape index (κ3) is 1.16. The first-order chi connectivity index (χ1) is 8.42. The van der Waals surface area contributed by atoms with Gasteiger partial charge >= 0.3 is 0 Å². The number of aromatic nitrogens is 3. The molecule has 4 rings (SSSR count). The lowest BCUT2D eigenvalue weighted by Gasteiger charge is -1.95. The highest BCUT2D eigenvalue weighted by Crippen LogP contribution is 2.25. The average Bonchev–Trinajstić information content (AvgIpc) is 2.73. The molecule has 17 heavy (non-hydrogen) atoms. The molecule has 0 aliphatic rings. The van der Waals surface area contributed by atoms with E-state index < -0.39 is 0 Å². The minimum absolute atomic E-state index is 0.796. The Kier molecular flexibility index (Phi) is 1.56. The Balaban J connectivity index is 2.28. The van der Waals surface area contributed by atoms with Gasteiger partial charge in [0.05, 0.1) is 11.0 Å². The lowest BCUT2D eigenvalue weighted by Crippen LogP contribution is -1.83. The van der Waals surface area contributed by atoms with Crippen LogP contribution in [0.3, 0.4) is 0 Å². The molecule has 0 radical (unpaired) electrons. The van der Waals surface area contributed by atoms with Crippen LogP contribution in [0.5, 0.6) is 0 Å². The summed E-state index contributed by atoms with van der Waals surface area (Å²) in [6.45, 7) is 0. The zero-order valence-electron chi connectivity index (χ0n) is 9.01. The first-order valence-corrected chi connectivity index (χ1v) is 5.54. The van der Waals surface area contributed by atoms with Crippen molar-refractivity contribution < 1.29 is 0 Å². The van der Waals surface area contributed by atoms with Gasteiger partial charge in [-0.05, 0) is 24.3 Å². The number of hydrogen-bond acceptors (Lipinski definition) is 2. The van der Waals surface area contributed by atoms with Gasteiger partial charge in [0.15, 0.2) is 5.65 Å². The largest absolute Gasteiger partial charge is 0.353 e. The Morgan fingerprint density at radius 3 is 2.88 bits per heavy atom. The molecule has 4 aromatic rings. The molecular formula is C14H9N3. The molecule has 0 spiro atoms. The number of nitrogens with one attached hydrogen (secondary N) is 1. The van der Waals surface area contributed by atoms with E-state index in [9.17, 15) is 0 Å². The van der Waals surface area contributed by atoms with Gasteiger partial charge in [0.2, 0.25) is 0 Å². The maximum absolute atomic E-state index is 4.62. The summed E-state index contributed by atoms with van der Waals surface area (Å²) >= 11 is 0. The van der Waals surface area contributed by atoms with Gasteiger partial charge in [-0.2, -0.15) is 0 Å².